The Balaban J connectivity index is 1.25. The van der Waals surface area contributed by atoms with Crippen LogP contribution in [-0.4, -0.2) is 78.1 Å². The third-order valence-electron chi connectivity index (χ3n) is 7.85. The van der Waals surface area contributed by atoms with Gasteiger partial charge >= 0.3 is 0 Å². The van der Waals surface area contributed by atoms with Gasteiger partial charge in [-0.25, -0.2) is 0 Å². The number of hydrogen-bond acceptors (Lipinski definition) is 5. The lowest BCUT2D eigenvalue weighted by Crippen LogP contribution is -2.51. The molecular weight excluding hydrogens is 446 g/mol. The van der Waals surface area contributed by atoms with Crippen molar-refractivity contribution in [1.29, 1.82) is 0 Å². The molecule has 3 aliphatic rings. The van der Waals surface area contributed by atoms with E-state index in [-0.39, 0.29) is 17.7 Å². The average molecular weight is 484 g/mol. The van der Waals surface area contributed by atoms with Crippen LogP contribution in [0.25, 0.3) is 11.0 Å². The van der Waals surface area contributed by atoms with E-state index in [9.17, 15) is 9.59 Å². The Morgan fingerprint density at radius 2 is 1.62 bits per heavy atom. The molecule has 6 nitrogen and oxygen atoms in total. The second-order valence-corrected chi connectivity index (χ2v) is 11.5. The molecule has 2 saturated heterocycles. The monoisotopic (exact) mass is 483 g/mol. The van der Waals surface area contributed by atoms with Crippen LogP contribution in [-0.2, 0) is 10.5 Å². The predicted octanol–water partition coefficient (Wildman–Crippen LogP) is 4.62. The summed E-state index contributed by atoms with van der Waals surface area (Å²) in [6.07, 6.45) is 8.02. The molecule has 3 heterocycles. The van der Waals surface area contributed by atoms with Gasteiger partial charge in [0.15, 0.2) is 5.76 Å². The molecular formula is C27H37N3O3S. The summed E-state index contributed by atoms with van der Waals surface area (Å²) in [6.45, 7) is 4.75. The van der Waals surface area contributed by atoms with Gasteiger partial charge in [0.2, 0.25) is 5.91 Å². The van der Waals surface area contributed by atoms with Crippen molar-refractivity contribution in [1.82, 2.24) is 14.7 Å². The van der Waals surface area contributed by atoms with Crippen LogP contribution < -0.4 is 0 Å². The first-order valence-corrected chi connectivity index (χ1v) is 14.0. The Labute approximate surface area is 207 Å². The summed E-state index contributed by atoms with van der Waals surface area (Å²) in [6, 6.07) is 8.03. The number of para-hydroxylation sites is 1. The lowest BCUT2D eigenvalue weighted by Gasteiger charge is -2.37. The lowest BCUT2D eigenvalue weighted by molar-refractivity contribution is -0.138. The molecule has 0 unspecified atom stereocenters. The van der Waals surface area contributed by atoms with E-state index in [0.29, 0.717) is 24.1 Å². The van der Waals surface area contributed by atoms with Crippen molar-refractivity contribution in [3.63, 3.8) is 0 Å². The maximum absolute atomic E-state index is 13.6. The largest absolute Gasteiger partial charge is 0.451 e. The molecule has 1 aliphatic carbocycles. The van der Waals surface area contributed by atoms with E-state index in [4.69, 9.17) is 4.42 Å². The number of furan rings is 1. The zero-order chi connectivity index (χ0) is 23.5. The topological polar surface area (TPSA) is 57.0 Å². The third kappa shape index (κ3) is 5.15. The van der Waals surface area contributed by atoms with Crippen LogP contribution in [0.5, 0.6) is 0 Å². The van der Waals surface area contributed by atoms with Gasteiger partial charge in [0.25, 0.3) is 5.91 Å². The fraction of sp³-hybridized carbons (Fsp3) is 0.630. The maximum Gasteiger partial charge on any atom is 0.289 e. The Morgan fingerprint density at radius 3 is 2.35 bits per heavy atom. The average Bonchev–Trinajstić information content (AvgIpc) is 3.26. The van der Waals surface area contributed by atoms with Gasteiger partial charge in [-0.15, -0.1) is 0 Å². The number of benzene rings is 1. The normalized spacial score (nSPS) is 21.3. The minimum absolute atomic E-state index is 0.0130. The number of likely N-dealkylation sites (tertiary alicyclic amines) is 1. The highest BCUT2D eigenvalue weighted by atomic mass is 32.2. The summed E-state index contributed by atoms with van der Waals surface area (Å²) >= 11 is 1.98. The first-order valence-electron chi connectivity index (χ1n) is 13.0. The quantitative estimate of drug-likeness (QED) is 0.621. The van der Waals surface area contributed by atoms with Crippen molar-refractivity contribution in [2.45, 2.75) is 55.9 Å². The van der Waals surface area contributed by atoms with Gasteiger partial charge in [0, 0.05) is 67.1 Å². The van der Waals surface area contributed by atoms with Crippen molar-refractivity contribution < 1.29 is 14.0 Å². The number of amides is 2. The van der Waals surface area contributed by atoms with E-state index >= 15 is 0 Å². The van der Waals surface area contributed by atoms with Gasteiger partial charge in [-0.1, -0.05) is 37.5 Å². The summed E-state index contributed by atoms with van der Waals surface area (Å²) in [7, 11) is 2.10. The molecule has 2 aliphatic heterocycles. The number of likely N-dealkylation sites (N-methyl/N-ethyl adjacent to an activating group) is 1. The smallest absolute Gasteiger partial charge is 0.289 e. The summed E-state index contributed by atoms with van der Waals surface area (Å²) in [5.41, 5.74) is 1.84. The standard InChI is InChI=1S/C27H37N3O3S/c1-28-15-17-30(18-16-28)26(31)20-11-13-29(14-12-20)27(32)25-23(19-34-21-7-3-2-4-8-21)22-9-5-6-10-24(22)33-25/h5-6,9-10,20-21H,2-4,7-8,11-19H2,1H3. The lowest BCUT2D eigenvalue weighted by atomic mass is 9.94. The zero-order valence-corrected chi connectivity index (χ0v) is 21.2. The summed E-state index contributed by atoms with van der Waals surface area (Å²) in [5.74, 6) is 1.62. The van der Waals surface area contributed by atoms with E-state index in [1.54, 1.807) is 0 Å². The number of rotatable bonds is 5. The second kappa shape index (κ2) is 10.7. The van der Waals surface area contributed by atoms with Crippen LogP contribution in [0.1, 0.15) is 61.1 Å². The molecule has 0 spiro atoms. The number of carbonyl (C=O) groups excluding carboxylic acids is 2. The summed E-state index contributed by atoms with van der Waals surface area (Å²) < 4.78 is 6.15. The van der Waals surface area contributed by atoms with Crippen LogP contribution >= 0.6 is 11.8 Å². The number of fused-ring (bicyclic) bond motifs is 1. The molecule has 1 aromatic heterocycles. The van der Waals surface area contributed by atoms with Gasteiger partial charge in [0.05, 0.1) is 0 Å². The molecule has 0 atom stereocenters. The van der Waals surface area contributed by atoms with Crippen molar-refractivity contribution in [2.75, 3.05) is 46.3 Å². The molecule has 0 bridgehead atoms. The van der Waals surface area contributed by atoms with Crippen molar-refractivity contribution in [3.8, 4) is 0 Å². The first-order chi connectivity index (χ1) is 16.6. The van der Waals surface area contributed by atoms with Gasteiger partial charge in [-0.2, -0.15) is 11.8 Å². The van der Waals surface area contributed by atoms with E-state index in [1.165, 1.54) is 32.1 Å². The predicted molar refractivity (Wildman–Crippen MR) is 137 cm³/mol. The van der Waals surface area contributed by atoms with E-state index in [1.807, 2.05) is 39.8 Å². The first kappa shape index (κ1) is 23.7. The van der Waals surface area contributed by atoms with Crippen molar-refractivity contribution in [3.05, 3.63) is 35.6 Å². The highest BCUT2D eigenvalue weighted by Crippen LogP contribution is 2.36. The van der Waals surface area contributed by atoms with Crippen molar-refractivity contribution >= 4 is 34.5 Å². The Bertz CT molecular complexity index is 1000. The molecule has 3 fully saturated rings. The number of hydrogen-bond donors (Lipinski definition) is 0. The Kier molecular flexibility index (Phi) is 7.49. The molecule has 34 heavy (non-hydrogen) atoms. The second-order valence-electron chi connectivity index (χ2n) is 10.2. The van der Waals surface area contributed by atoms with E-state index in [2.05, 4.69) is 18.0 Å². The highest BCUT2D eigenvalue weighted by Gasteiger charge is 2.33. The molecule has 1 aromatic carbocycles. The molecule has 0 N–H and O–H groups in total. The fourth-order valence-corrected chi connectivity index (χ4v) is 6.96. The number of piperidine rings is 1. The number of nitrogens with zero attached hydrogens (tertiary/aromatic N) is 3. The fourth-order valence-electron chi connectivity index (χ4n) is 5.61. The maximum atomic E-state index is 13.6. The van der Waals surface area contributed by atoms with E-state index < -0.39 is 0 Å². The zero-order valence-electron chi connectivity index (χ0n) is 20.3. The number of thioether (sulfide) groups is 1. The van der Waals surface area contributed by atoms with E-state index in [0.717, 1.165) is 61.3 Å². The van der Waals surface area contributed by atoms with Gasteiger partial charge < -0.3 is 19.1 Å². The van der Waals surface area contributed by atoms with Gasteiger partial charge in [-0.05, 0) is 38.8 Å². The Morgan fingerprint density at radius 1 is 0.912 bits per heavy atom. The van der Waals surface area contributed by atoms with Crippen molar-refractivity contribution in [2.24, 2.45) is 5.92 Å². The number of piperazine rings is 1. The minimum atomic E-state index is -0.0130. The highest BCUT2D eigenvalue weighted by molar-refractivity contribution is 7.99. The molecule has 7 heteroatoms. The van der Waals surface area contributed by atoms with Crippen LogP contribution in [0.4, 0.5) is 0 Å². The summed E-state index contributed by atoms with van der Waals surface area (Å²) in [5, 5.41) is 1.75. The Hall–Kier alpha value is -1.99. The summed E-state index contributed by atoms with van der Waals surface area (Å²) in [4.78, 5) is 32.8. The molecule has 184 valence electrons. The van der Waals surface area contributed by atoms with Gasteiger partial charge in [-0.3, -0.25) is 9.59 Å². The molecule has 2 amide bonds. The molecule has 1 saturated carbocycles. The van der Waals surface area contributed by atoms with Crippen LogP contribution in [0.15, 0.2) is 28.7 Å². The molecule has 0 radical (unpaired) electrons. The van der Waals surface area contributed by atoms with Crippen LogP contribution in [0.2, 0.25) is 0 Å². The van der Waals surface area contributed by atoms with Crippen LogP contribution in [0, 0.1) is 5.92 Å². The van der Waals surface area contributed by atoms with Gasteiger partial charge in [0.1, 0.15) is 5.58 Å². The molecule has 5 rings (SSSR count). The third-order valence-corrected chi connectivity index (χ3v) is 9.25. The number of carbonyl (C=O) groups is 2. The SMILES string of the molecule is CN1CCN(C(=O)C2CCN(C(=O)c3oc4ccccc4c3CSC3CCCCC3)CC2)CC1. The molecule has 2 aromatic rings. The minimum Gasteiger partial charge on any atom is -0.451 e. The van der Waals surface area contributed by atoms with Crippen LogP contribution in [0.3, 0.4) is 0 Å².